The molecule has 3 heterocycles. The average molecular weight is 359 g/mol. The van der Waals surface area contributed by atoms with Gasteiger partial charge in [0.15, 0.2) is 22.6 Å². The summed E-state index contributed by atoms with van der Waals surface area (Å²) in [7, 11) is 0. The number of fused-ring (bicyclic) bond motifs is 2. The Hall–Kier alpha value is -3.61. The molecule has 0 bridgehead atoms. The van der Waals surface area contributed by atoms with Crippen LogP contribution in [0.5, 0.6) is 11.5 Å². The van der Waals surface area contributed by atoms with Crippen LogP contribution in [-0.2, 0) is 13.0 Å². The van der Waals surface area contributed by atoms with Crippen molar-refractivity contribution >= 4 is 11.2 Å². The molecular weight excluding hydrogens is 342 g/mol. The molecule has 0 aliphatic carbocycles. The first-order valence-corrected chi connectivity index (χ1v) is 8.71. The lowest BCUT2D eigenvalue weighted by atomic mass is 10.1. The molecule has 134 valence electrons. The number of ether oxygens (including phenoxy) is 2. The summed E-state index contributed by atoms with van der Waals surface area (Å²) in [5.41, 5.74) is 3.65. The van der Waals surface area contributed by atoms with Crippen LogP contribution in [0.3, 0.4) is 0 Å². The lowest BCUT2D eigenvalue weighted by Gasteiger charge is -2.06. The van der Waals surface area contributed by atoms with Crippen LogP contribution in [0.1, 0.15) is 5.56 Å². The lowest BCUT2D eigenvalue weighted by molar-refractivity contribution is 0.174. The highest BCUT2D eigenvalue weighted by atomic mass is 16.7. The van der Waals surface area contributed by atoms with Crippen LogP contribution in [0.4, 0.5) is 0 Å². The molecule has 2 aromatic carbocycles. The summed E-state index contributed by atoms with van der Waals surface area (Å²) in [5, 5.41) is 8.11. The lowest BCUT2D eigenvalue weighted by Crippen LogP contribution is -2.13. The molecule has 1 aliphatic heterocycles. The summed E-state index contributed by atoms with van der Waals surface area (Å²) >= 11 is 0. The second-order valence-electron chi connectivity index (χ2n) is 6.37. The summed E-state index contributed by atoms with van der Waals surface area (Å²) in [4.78, 5) is 12.2. The maximum Gasteiger partial charge on any atom is 0.231 e. The third kappa shape index (κ3) is 2.83. The fourth-order valence-corrected chi connectivity index (χ4v) is 3.22. The van der Waals surface area contributed by atoms with E-state index < -0.39 is 0 Å². The van der Waals surface area contributed by atoms with E-state index in [1.165, 1.54) is 5.56 Å². The van der Waals surface area contributed by atoms with Crippen molar-refractivity contribution in [2.45, 2.75) is 13.0 Å². The number of nitrogens with zero attached hydrogens (tertiary/aromatic N) is 3. The maximum absolute atomic E-state index is 8.11. The van der Waals surface area contributed by atoms with Gasteiger partial charge in [-0.15, -0.1) is 0 Å². The molecule has 7 nitrogen and oxygen atoms in total. The molecular formula is C20H17N5O2. The first-order chi connectivity index (χ1) is 13.3. The van der Waals surface area contributed by atoms with Crippen molar-refractivity contribution in [3.05, 3.63) is 65.9 Å². The van der Waals surface area contributed by atoms with Gasteiger partial charge < -0.3 is 19.0 Å². The van der Waals surface area contributed by atoms with E-state index in [-0.39, 0.29) is 12.3 Å². The Morgan fingerprint density at radius 3 is 2.81 bits per heavy atom. The fourth-order valence-electron chi connectivity index (χ4n) is 3.22. The molecule has 0 fully saturated rings. The van der Waals surface area contributed by atoms with E-state index in [1.54, 1.807) is 6.33 Å². The van der Waals surface area contributed by atoms with Gasteiger partial charge in [0.2, 0.25) is 6.79 Å². The van der Waals surface area contributed by atoms with Gasteiger partial charge in [-0.05, 0) is 30.2 Å². The van der Waals surface area contributed by atoms with Gasteiger partial charge in [0, 0.05) is 12.1 Å². The number of aromatic nitrogens is 4. The molecule has 7 heteroatoms. The highest BCUT2D eigenvalue weighted by Gasteiger charge is 2.16. The number of aryl methyl sites for hydroxylation is 2. The SMILES string of the molecule is N=c1ncn(CCc2ccccc2)c2nc(-c3ccc4c(c3)OCO4)[nH]c12. The van der Waals surface area contributed by atoms with Crippen LogP contribution in [-0.4, -0.2) is 26.3 Å². The second-order valence-corrected chi connectivity index (χ2v) is 6.37. The molecule has 0 saturated heterocycles. The predicted octanol–water partition coefficient (Wildman–Crippen LogP) is 2.88. The second kappa shape index (κ2) is 6.28. The number of nitrogens with one attached hydrogen (secondary N) is 2. The van der Waals surface area contributed by atoms with Crippen LogP contribution in [0, 0.1) is 5.41 Å². The van der Waals surface area contributed by atoms with Crippen molar-refractivity contribution in [2.24, 2.45) is 0 Å². The number of benzene rings is 2. The summed E-state index contributed by atoms with van der Waals surface area (Å²) in [6, 6.07) is 16.0. The normalized spacial score (nSPS) is 12.6. The summed E-state index contributed by atoms with van der Waals surface area (Å²) in [5.74, 6) is 2.11. The van der Waals surface area contributed by atoms with Gasteiger partial charge in [-0.1, -0.05) is 30.3 Å². The van der Waals surface area contributed by atoms with Gasteiger partial charge >= 0.3 is 0 Å². The summed E-state index contributed by atoms with van der Waals surface area (Å²) in [6.45, 7) is 0.971. The monoisotopic (exact) mass is 359 g/mol. The van der Waals surface area contributed by atoms with Gasteiger partial charge in [-0.2, -0.15) is 0 Å². The molecule has 5 rings (SSSR count). The van der Waals surface area contributed by atoms with E-state index in [0.29, 0.717) is 17.1 Å². The molecule has 2 aromatic heterocycles. The van der Waals surface area contributed by atoms with E-state index in [9.17, 15) is 0 Å². The van der Waals surface area contributed by atoms with Gasteiger partial charge in [0.1, 0.15) is 11.3 Å². The van der Waals surface area contributed by atoms with Gasteiger partial charge in [0.05, 0.1) is 6.33 Å². The highest BCUT2D eigenvalue weighted by molar-refractivity contribution is 5.75. The Labute approximate surface area is 154 Å². The number of H-pyrrole nitrogens is 1. The van der Waals surface area contributed by atoms with Crippen molar-refractivity contribution in [1.82, 2.24) is 19.5 Å². The average Bonchev–Trinajstić information content (AvgIpc) is 3.35. The van der Waals surface area contributed by atoms with Crippen molar-refractivity contribution in [3.63, 3.8) is 0 Å². The number of hydrogen-bond donors (Lipinski definition) is 2. The minimum atomic E-state index is 0.181. The first-order valence-electron chi connectivity index (χ1n) is 8.71. The number of hydrogen-bond acceptors (Lipinski definition) is 5. The molecule has 2 N–H and O–H groups in total. The fraction of sp³-hybridized carbons (Fsp3) is 0.150. The zero-order chi connectivity index (χ0) is 18.2. The van der Waals surface area contributed by atoms with E-state index in [1.807, 2.05) is 41.0 Å². The van der Waals surface area contributed by atoms with Crippen LogP contribution in [0.15, 0.2) is 54.9 Å². The quantitative estimate of drug-likeness (QED) is 0.586. The van der Waals surface area contributed by atoms with Crippen molar-refractivity contribution < 1.29 is 9.47 Å². The highest BCUT2D eigenvalue weighted by Crippen LogP contribution is 2.35. The molecule has 27 heavy (non-hydrogen) atoms. The molecule has 0 saturated carbocycles. The Bertz CT molecular complexity index is 1180. The van der Waals surface area contributed by atoms with Gasteiger partial charge in [-0.3, -0.25) is 5.41 Å². The van der Waals surface area contributed by atoms with E-state index >= 15 is 0 Å². The first kappa shape index (κ1) is 15.6. The van der Waals surface area contributed by atoms with E-state index in [4.69, 9.17) is 19.9 Å². The van der Waals surface area contributed by atoms with Crippen LogP contribution in [0.2, 0.25) is 0 Å². The van der Waals surface area contributed by atoms with Crippen molar-refractivity contribution in [3.8, 4) is 22.9 Å². The largest absolute Gasteiger partial charge is 0.454 e. The van der Waals surface area contributed by atoms with E-state index in [0.717, 1.165) is 29.9 Å². The molecule has 0 radical (unpaired) electrons. The third-order valence-corrected chi connectivity index (χ3v) is 4.65. The Morgan fingerprint density at radius 2 is 1.93 bits per heavy atom. The smallest absolute Gasteiger partial charge is 0.231 e. The van der Waals surface area contributed by atoms with Crippen molar-refractivity contribution in [2.75, 3.05) is 6.79 Å². The Morgan fingerprint density at radius 1 is 1.07 bits per heavy atom. The molecule has 0 spiro atoms. The molecule has 0 amide bonds. The minimum absolute atomic E-state index is 0.181. The topological polar surface area (TPSA) is 88.8 Å². The Balaban J connectivity index is 1.52. The molecule has 0 unspecified atom stereocenters. The van der Waals surface area contributed by atoms with Gasteiger partial charge in [0.25, 0.3) is 0 Å². The number of imidazole rings is 1. The standard InChI is InChI=1S/C20H17N5O2/c21-18-17-20(25(11-22-18)9-8-13-4-2-1-3-5-13)24-19(23-17)14-6-7-15-16(10-14)27-12-26-15/h1-7,10-11,21H,8-9,12H2,(H,23,24). The summed E-state index contributed by atoms with van der Waals surface area (Å²) in [6.07, 6.45) is 2.55. The molecule has 1 aliphatic rings. The number of aromatic amines is 1. The van der Waals surface area contributed by atoms with Crippen molar-refractivity contribution in [1.29, 1.82) is 5.41 Å². The predicted molar refractivity (Wildman–Crippen MR) is 99.4 cm³/mol. The van der Waals surface area contributed by atoms with Crippen LogP contribution >= 0.6 is 0 Å². The van der Waals surface area contributed by atoms with Crippen LogP contribution < -0.4 is 15.0 Å². The van der Waals surface area contributed by atoms with E-state index in [2.05, 4.69) is 22.1 Å². The minimum Gasteiger partial charge on any atom is -0.454 e. The van der Waals surface area contributed by atoms with Crippen LogP contribution in [0.25, 0.3) is 22.6 Å². The zero-order valence-electron chi connectivity index (χ0n) is 14.5. The molecule has 4 aromatic rings. The van der Waals surface area contributed by atoms with Gasteiger partial charge in [-0.25, -0.2) is 9.97 Å². The number of rotatable bonds is 4. The third-order valence-electron chi connectivity index (χ3n) is 4.65. The zero-order valence-corrected chi connectivity index (χ0v) is 14.5. The molecule has 0 atom stereocenters. The maximum atomic E-state index is 8.11. The summed E-state index contributed by atoms with van der Waals surface area (Å²) < 4.78 is 12.8. The Kier molecular flexibility index (Phi) is 3.64.